The molecule has 0 saturated carbocycles. The summed E-state index contributed by atoms with van der Waals surface area (Å²) in [6, 6.07) is 3.88. The van der Waals surface area contributed by atoms with Gasteiger partial charge in [0.15, 0.2) is 0 Å². The number of aryl methyl sites for hydroxylation is 1. The van der Waals surface area contributed by atoms with Crippen LogP contribution in [0.2, 0.25) is 0 Å². The Morgan fingerprint density at radius 2 is 1.82 bits per heavy atom. The van der Waals surface area contributed by atoms with Gasteiger partial charge < -0.3 is 10.6 Å². The van der Waals surface area contributed by atoms with Gasteiger partial charge in [-0.05, 0) is 31.4 Å². The van der Waals surface area contributed by atoms with Crippen LogP contribution in [0.15, 0.2) is 48.7 Å². The van der Waals surface area contributed by atoms with Crippen molar-refractivity contribution in [3.63, 3.8) is 0 Å². The number of aromatic nitrogens is 1. The van der Waals surface area contributed by atoms with Gasteiger partial charge in [0, 0.05) is 44.2 Å². The molecule has 0 aromatic carbocycles. The van der Waals surface area contributed by atoms with Crippen LogP contribution in [0.3, 0.4) is 0 Å². The van der Waals surface area contributed by atoms with E-state index in [0.717, 1.165) is 17.7 Å². The SMILES string of the molecule is C#CC/C=C\C/C=C\CCC(=O)NCCNC(=O)C/C=C/c1ccc(C)nc1. The number of amides is 2. The van der Waals surface area contributed by atoms with Gasteiger partial charge in [0.1, 0.15) is 0 Å². The lowest BCUT2D eigenvalue weighted by Crippen LogP contribution is -2.34. The van der Waals surface area contributed by atoms with Crippen molar-refractivity contribution >= 4 is 17.9 Å². The van der Waals surface area contributed by atoms with Crippen molar-refractivity contribution in [3.8, 4) is 12.3 Å². The van der Waals surface area contributed by atoms with Gasteiger partial charge in [-0.25, -0.2) is 0 Å². The van der Waals surface area contributed by atoms with E-state index in [0.29, 0.717) is 38.8 Å². The van der Waals surface area contributed by atoms with Crippen LogP contribution in [0, 0.1) is 19.3 Å². The number of carbonyl (C=O) groups excluding carboxylic acids is 2. The van der Waals surface area contributed by atoms with Gasteiger partial charge in [0.2, 0.25) is 11.8 Å². The van der Waals surface area contributed by atoms with Crippen molar-refractivity contribution in [2.24, 2.45) is 0 Å². The Kier molecular flexibility index (Phi) is 12.3. The molecule has 0 aliphatic heterocycles. The summed E-state index contributed by atoms with van der Waals surface area (Å²) in [5.41, 5.74) is 1.92. The highest BCUT2D eigenvalue weighted by molar-refractivity contribution is 5.78. The molecule has 0 aliphatic carbocycles. The summed E-state index contributed by atoms with van der Waals surface area (Å²) in [4.78, 5) is 27.7. The number of hydrogen-bond donors (Lipinski definition) is 2. The van der Waals surface area contributed by atoms with Crippen LogP contribution in [0.1, 0.15) is 43.4 Å². The maximum atomic E-state index is 11.8. The second-order valence-corrected chi connectivity index (χ2v) is 6.16. The summed E-state index contributed by atoms with van der Waals surface area (Å²) >= 11 is 0. The molecule has 5 nitrogen and oxygen atoms in total. The van der Waals surface area contributed by atoms with E-state index in [2.05, 4.69) is 21.5 Å². The number of allylic oxidation sites excluding steroid dienone is 4. The molecular formula is C23H29N3O2. The molecule has 0 bridgehead atoms. The van der Waals surface area contributed by atoms with E-state index < -0.39 is 0 Å². The zero-order valence-corrected chi connectivity index (χ0v) is 16.5. The number of carbonyl (C=O) groups is 2. The molecule has 148 valence electrons. The first-order chi connectivity index (χ1) is 13.6. The zero-order valence-electron chi connectivity index (χ0n) is 16.5. The monoisotopic (exact) mass is 379 g/mol. The fourth-order valence-electron chi connectivity index (χ4n) is 2.20. The highest BCUT2D eigenvalue weighted by Crippen LogP contribution is 2.02. The Labute approximate surface area is 168 Å². The standard InChI is InChI=1S/C23H29N3O2/c1-3-4-5-6-7-8-9-10-13-22(27)24-17-18-25-23(28)14-11-12-21-16-15-20(2)26-19-21/h1,5-6,8-9,11-12,15-16,19H,4,7,10,13-14,17-18H2,2H3,(H,24,27)(H,25,28)/b6-5-,9-8-,12-11+. The van der Waals surface area contributed by atoms with Crippen LogP contribution in [0.4, 0.5) is 0 Å². The number of hydrogen-bond acceptors (Lipinski definition) is 3. The van der Waals surface area contributed by atoms with Crippen molar-refractivity contribution in [1.29, 1.82) is 0 Å². The lowest BCUT2D eigenvalue weighted by atomic mass is 10.2. The predicted octanol–water partition coefficient (Wildman–Crippen LogP) is 3.33. The van der Waals surface area contributed by atoms with Crippen molar-refractivity contribution in [2.75, 3.05) is 13.1 Å². The van der Waals surface area contributed by atoms with Crippen molar-refractivity contribution in [1.82, 2.24) is 15.6 Å². The average Bonchev–Trinajstić information content (AvgIpc) is 2.69. The molecule has 0 spiro atoms. The molecule has 0 saturated heterocycles. The third-order valence-electron chi connectivity index (χ3n) is 3.70. The molecule has 1 aromatic heterocycles. The Morgan fingerprint density at radius 3 is 2.54 bits per heavy atom. The van der Waals surface area contributed by atoms with E-state index in [1.165, 1.54) is 0 Å². The van der Waals surface area contributed by atoms with E-state index in [1.807, 2.05) is 49.4 Å². The van der Waals surface area contributed by atoms with Gasteiger partial charge in [0.25, 0.3) is 0 Å². The lowest BCUT2D eigenvalue weighted by Gasteiger charge is -2.05. The van der Waals surface area contributed by atoms with Crippen molar-refractivity contribution in [3.05, 3.63) is 60.0 Å². The minimum atomic E-state index is -0.0774. The van der Waals surface area contributed by atoms with Gasteiger partial charge in [-0.3, -0.25) is 14.6 Å². The van der Waals surface area contributed by atoms with Crippen LogP contribution in [0.5, 0.6) is 0 Å². The first-order valence-corrected chi connectivity index (χ1v) is 9.48. The number of pyridine rings is 1. The van der Waals surface area contributed by atoms with Gasteiger partial charge in [-0.15, -0.1) is 12.3 Å². The molecule has 2 N–H and O–H groups in total. The summed E-state index contributed by atoms with van der Waals surface area (Å²) < 4.78 is 0. The Morgan fingerprint density at radius 1 is 1.07 bits per heavy atom. The molecule has 5 heteroatoms. The molecule has 1 heterocycles. The second-order valence-electron chi connectivity index (χ2n) is 6.16. The Hall–Kier alpha value is -3.13. The zero-order chi connectivity index (χ0) is 20.5. The highest BCUT2D eigenvalue weighted by Gasteiger charge is 2.00. The number of terminal acetylenes is 1. The molecule has 0 fully saturated rings. The third-order valence-corrected chi connectivity index (χ3v) is 3.70. The van der Waals surface area contributed by atoms with Crippen LogP contribution in [-0.2, 0) is 9.59 Å². The quantitative estimate of drug-likeness (QED) is 0.332. The Balaban J connectivity index is 2.05. The number of rotatable bonds is 12. The molecule has 28 heavy (non-hydrogen) atoms. The maximum absolute atomic E-state index is 11.8. The van der Waals surface area contributed by atoms with Gasteiger partial charge in [-0.1, -0.05) is 42.5 Å². The van der Waals surface area contributed by atoms with Crippen molar-refractivity contribution in [2.45, 2.75) is 39.0 Å². The maximum Gasteiger partial charge on any atom is 0.223 e. The topological polar surface area (TPSA) is 71.1 Å². The van der Waals surface area contributed by atoms with Gasteiger partial charge >= 0.3 is 0 Å². The minimum absolute atomic E-state index is 0.0199. The predicted molar refractivity (Wildman–Crippen MR) is 114 cm³/mol. The van der Waals surface area contributed by atoms with E-state index in [-0.39, 0.29) is 11.8 Å². The summed E-state index contributed by atoms with van der Waals surface area (Å²) in [5.74, 6) is 2.44. The van der Waals surface area contributed by atoms with Crippen LogP contribution in [-0.4, -0.2) is 29.9 Å². The first-order valence-electron chi connectivity index (χ1n) is 9.48. The van der Waals surface area contributed by atoms with Crippen molar-refractivity contribution < 1.29 is 9.59 Å². The third kappa shape index (κ3) is 12.3. The molecule has 0 radical (unpaired) electrons. The largest absolute Gasteiger partial charge is 0.354 e. The van der Waals surface area contributed by atoms with Crippen LogP contribution in [0.25, 0.3) is 6.08 Å². The molecule has 0 aliphatic rings. The van der Waals surface area contributed by atoms with Crippen LogP contribution < -0.4 is 10.6 Å². The molecule has 2 amide bonds. The van der Waals surface area contributed by atoms with Crippen LogP contribution >= 0.6 is 0 Å². The lowest BCUT2D eigenvalue weighted by molar-refractivity contribution is -0.122. The van der Waals surface area contributed by atoms with Gasteiger partial charge in [-0.2, -0.15) is 0 Å². The summed E-state index contributed by atoms with van der Waals surface area (Å²) in [6.45, 7) is 2.77. The molecule has 1 aromatic rings. The van der Waals surface area contributed by atoms with E-state index in [1.54, 1.807) is 12.3 Å². The van der Waals surface area contributed by atoms with E-state index in [4.69, 9.17) is 6.42 Å². The first kappa shape index (κ1) is 22.9. The normalized spacial score (nSPS) is 11.1. The Bertz CT molecular complexity index is 725. The fourth-order valence-corrected chi connectivity index (χ4v) is 2.20. The molecule has 0 unspecified atom stereocenters. The second kappa shape index (κ2) is 15.0. The number of nitrogens with one attached hydrogen (secondary N) is 2. The molecular weight excluding hydrogens is 350 g/mol. The summed E-state index contributed by atoms with van der Waals surface area (Å²) in [6.07, 6.45) is 21.4. The average molecular weight is 380 g/mol. The molecule has 0 atom stereocenters. The minimum Gasteiger partial charge on any atom is -0.354 e. The summed E-state index contributed by atoms with van der Waals surface area (Å²) in [5, 5.41) is 5.57. The van der Waals surface area contributed by atoms with E-state index in [9.17, 15) is 9.59 Å². The summed E-state index contributed by atoms with van der Waals surface area (Å²) in [7, 11) is 0. The number of nitrogens with zero attached hydrogens (tertiary/aromatic N) is 1. The molecule has 1 rings (SSSR count). The van der Waals surface area contributed by atoms with Gasteiger partial charge in [0.05, 0.1) is 0 Å². The van der Waals surface area contributed by atoms with E-state index >= 15 is 0 Å². The highest BCUT2D eigenvalue weighted by atomic mass is 16.2. The smallest absolute Gasteiger partial charge is 0.223 e. The fraction of sp³-hybridized carbons (Fsp3) is 0.348.